The van der Waals surface area contributed by atoms with Crippen LogP contribution in [-0.2, 0) is 11.0 Å². The van der Waals surface area contributed by atoms with Gasteiger partial charge in [0.1, 0.15) is 5.75 Å². The zero-order valence-corrected chi connectivity index (χ0v) is 14.4. The van der Waals surface area contributed by atoms with Crippen molar-refractivity contribution < 1.29 is 27.5 Å². The molecule has 2 aromatic rings. The summed E-state index contributed by atoms with van der Waals surface area (Å²) in [7, 11) is 0. The first kappa shape index (κ1) is 20.1. The lowest BCUT2D eigenvalue weighted by Gasteiger charge is -2.12. The molecule has 0 saturated heterocycles. The topological polar surface area (TPSA) is 79.5 Å². The van der Waals surface area contributed by atoms with E-state index in [0.717, 1.165) is 24.3 Å². The number of anilines is 2. The number of hydrogen-bond acceptors (Lipinski definition) is 3. The molecule has 2 aromatic carbocycles. The lowest BCUT2D eigenvalue weighted by molar-refractivity contribution is -0.137. The summed E-state index contributed by atoms with van der Waals surface area (Å²) in [5.74, 6) is -0.0904. The minimum absolute atomic E-state index is 0.192. The Hall–Kier alpha value is -3.23. The molecule has 0 spiro atoms. The highest BCUT2D eigenvalue weighted by molar-refractivity contribution is 5.97. The second-order valence-electron chi connectivity index (χ2n) is 5.36. The molecule has 0 atom stereocenters. The first-order valence-corrected chi connectivity index (χ1v) is 8.03. The zero-order valence-electron chi connectivity index (χ0n) is 14.4. The molecule has 9 heteroatoms. The van der Waals surface area contributed by atoms with Crippen molar-refractivity contribution in [3.8, 4) is 5.75 Å². The van der Waals surface area contributed by atoms with E-state index in [-0.39, 0.29) is 12.2 Å². The summed E-state index contributed by atoms with van der Waals surface area (Å²) < 4.78 is 42.9. The molecule has 144 valence electrons. The van der Waals surface area contributed by atoms with E-state index in [4.69, 9.17) is 4.74 Å². The molecule has 3 N–H and O–H groups in total. The third kappa shape index (κ3) is 6.21. The largest absolute Gasteiger partial charge is 0.492 e. The minimum Gasteiger partial charge on any atom is -0.492 e. The molecule has 0 fully saturated rings. The van der Waals surface area contributed by atoms with Crippen molar-refractivity contribution in [1.29, 1.82) is 0 Å². The summed E-state index contributed by atoms with van der Waals surface area (Å²) in [4.78, 5) is 23.7. The van der Waals surface area contributed by atoms with Crippen molar-refractivity contribution in [2.75, 3.05) is 23.8 Å². The number of ether oxygens (including phenoxy) is 1. The van der Waals surface area contributed by atoms with Crippen LogP contribution in [0.4, 0.5) is 29.3 Å². The van der Waals surface area contributed by atoms with Gasteiger partial charge >= 0.3 is 12.2 Å². The average molecular weight is 381 g/mol. The Bertz CT molecular complexity index is 792. The van der Waals surface area contributed by atoms with Crippen LogP contribution < -0.4 is 20.7 Å². The highest BCUT2D eigenvalue weighted by atomic mass is 19.4. The highest BCUT2D eigenvalue weighted by Gasteiger charge is 2.29. The predicted octanol–water partition coefficient (Wildman–Crippen LogP) is 3.86. The molecular weight excluding hydrogens is 363 g/mol. The Kier molecular flexibility index (Phi) is 6.64. The van der Waals surface area contributed by atoms with E-state index < -0.39 is 23.7 Å². The minimum atomic E-state index is -4.44. The number of rotatable bonds is 6. The standard InChI is InChI=1S/C18H18F3N3O3/c1-2-27-15-6-4-3-5-14(15)24-17(26)22-11-16(25)23-13-9-7-12(8-10-13)18(19,20)21/h3-10H,2,11H2,1H3,(H,23,25)(H2,22,24,26). The van der Waals surface area contributed by atoms with Crippen LogP contribution in [0.1, 0.15) is 12.5 Å². The van der Waals surface area contributed by atoms with Crippen LogP contribution >= 0.6 is 0 Å². The molecule has 0 bridgehead atoms. The molecule has 6 nitrogen and oxygen atoms in total. The maximum Gasteiger partial charge on any atom is 0.416 e. The first-order valence-electron chi connectivity index (χ1n) is 8.03. The molecule has 0 heterocycles. The normalized spacial score (nSPS) is 10.8. The van der Waals surface area contributed by atoms with Gasteiger partial charge in [-0.2, -0.15) is 13.2 Å². The van der Waals surface area contributed by atoms with Crippen LogP contribution in [0.25, 0.3) is 0 Å². The van der Waals surface area contributed by atoms with Gasteiger partial charge in [0.05, 0.1) is 24.4 Å². The summed E-state index contributed by atoms with van der Waals surface area (Å²) >= 11 is 0. The van der Waals surface area contributed by atoms with E-state index in [1.807, 2.05) is 6.92 Å². The number of carbonyl (C=O) groups excluding carboxylic acids is 2. The van der Waals surface area contributed by atoms with E-state index in [1.54, 1.807) is 24.3 Å². The van der Waals surface area contributed by atoms with E-state index >= 15 is 0 Å². The molecule has 0 aliphatic rings. The second kappa shape index (κ2) is 8.93. The number of nitrogens with one attached hydrogen (secondary N) is 3. The van der Waals surface area contributed by atoms with Gasteiger partial charge in [-0.15, -0.1) is 0 Å². The highest BCUT2D eigenvalue weighted by Crippen LogP contribution is 2.29. The van der Waals surface area contributed by atoms with Crippen LogP contribution in [0.2, 0.25) is 0 Å². The van der Waals surface area contributed by atoms with Crippen LogP contribution in [-0.4, -0.2) is 25.1 Å². The predicted molar refractivity (Wildman–Crippen MR) is 94.7 cm³/mol. The summed E-state index contributed by atoms with van der Waals surface area (Å²) in [5, 5.41) is 7.32. The Balaban J connectivity index is 1.84. The fourth-order valence-electron chi connectivity index (χ4n) is 2.13. The Morgan fingerprint density at radius 1 is 1.00 bits per heavy atom. The Morgan fingerprint density at radius 2 is 1.67 bits per heavy atom. The summed E-state index contributed by atoms with van der Waals surface area (Å²) in [6, 6.07) is 10.2. The van der Waals surface area contributed by atoms with E-state index in [2.05, 4.69) is 16.0 Å². The average Bonchev–Trinajstić information content (AvgIpc) is 2.61. The fourth-order valence-corrected chi connectivity index (χ4v) is 2.13. The SMILES string of the molecule is CCOc1ccccc1NC(=O)NCC(=O)Nc1ccc(C(F)(F)F)cc1. The third-order valence-corrected chi connectivity index (χ3v) is 3.34. The van der Waals surface area contributed by atoms with Gasteiger partial charge in [0.15, 0.2) is 0 Å². The number of benzene rings is 2. The van der Waals surface area contributed by atoms with Gasteiger partial charge in [-0.1, -0.05) is 12.1 Å². The molecule has 2 rings (SSSR count). The Morgan fingerprint density at radius 3 is 2.30 bits per heavy atom. The maximum absolute atomic E-state index is 12.5. The summed E-state index contributed by atoms with van der Waals surface area (Å²) in [5.41, 5.74) is -0.178. The fraction of sp³-hybridized carbons (Fsp3) is 0.222. The first-order chi connectivity index (χ1) is 12.8. The summed E-state index contributed by atoms with van der Waals surface area (Å²) in [6.07, 6.45) is -4.44. The molecule has 3 amide bonds. The molecule has 0 aliphatic heterocycles. The van der Waals surface area contributed by atoms with Crippen LogP contribution in [0, 0.1) is 0 Å². The summed E-state index contributed by atoms with van der Waals surface area (Å²) in [6.45, 7) is 1.88. The number of carbonyl (C=O) groups is 2. The van der Waals surface area contributed by atoms with Gasteiger partial charge in [0.25, 0.3) is 0 Å². The van der Waals surface area contributed by atoms with Crippen molar-refractivity contribution in [2.45, 2.75) is 13.1 Å². The van der Waals surface area contributed by atoms with E-state index in [9.17, 15) is 22.8 Å². The second-order valence-corrected chi connectivity index (χ2v) is 5.36. The van der Waals surface area contributed by atoms with Gasteiger partial charge in [-0.25, -0.2) is 4.79 Å². The van der Waals surface area contributed by atoms with Gasteiger partial charge in [-0.05, 0) is 43.3 Å². The molecule has 0 radical (unpaired) electrons. The van der Waals surface area contributed by atoms with Gasteiger partial charge in [0, 0.05) is 5.69 Å². The number of urea groups is 1. The number of hydrogen-bond donors (Lipinski definition) is 3. The van der Waals surface area contributed by atoms with Crippen molar-refractivity contribution in [1.82, 2.24) is 5.32 Å². The number of alkyl halides is 3. The van der Waals surface area contributed by atoms with E-state index in [1.165, 1.54) is 0 Å². The zero-order chi connectivity index (χ0) is 19.9. The van der Waals surface area contributed by atoms with Gasteiger partial charge in [-0.3, -0.25) is 4.79 Å². The Labute approximate surface area is 153 Å². The smallest absolute Gasteiger partial charge is 0.416 e. The molecule has 27 heavy (non-hydrogen) atoms. The van der Waals surface area contributed by atoms with Crippen molar-refractivity contribution in [3.63, 3.8) is 0 Å². The van der Waals surface area contributed by atoms with Crippen molar-refractivity contribution in [3.05, 3.63) is 54.1 Å². The lowest BCUT2D eigenvalue weighted by atomic mass is 10.2. The third-order valence-electron chi connectivity index (χ3n) is 3.34. The monoisotopic (exact) mass is 381 g/mol. The van der Waals surface area contributed by atoms with Gasteiger partial charge in [0.2, 0.25) is 5.91 Å². The number of halogens is 3. The molecule has 0 saturated carbocycles. The van der Waals surface area contributed by atoms with Crippen LogP contribution in [0.15, 0.2) is 48.5 Å². The van der Waals surface area contributed by atoms with Crippen LogP contribution in [0.5, 0.6) is 5.75 Å². The number of para-hydroxylation sites is 2. The lowest BCUT2D eigenvalue weighted by Crippen LogP contribution is -2.35. The van der Waals surface area contributed by atoms with Crippen LogP contribution in [0.3, 0.4) is 0 Å². The number of amides is 3. The molecular formula is C18H18F3N3O3. The van der Waals surface area contributed by atoms with E-state index in [0.29, 0.717) is 18.0 Å². The maximum atomic E-state index is 12.5. The molecule has 0 unspecified atom stereocenters. The molecule has 0 aliphatic carbocycles. The molecule has 0 aromatic heterocycles. The van der Waals surface area contributed by atoms with Crippen molar-refractivity contribution in [2.24, 2.45) is 0 Å². The van der Waals surface area contributed by atoms with Gasteiger partial charge < -0.3 is 20.7 Å². The quantitative estimate of drug-likeness (QED) is 0.711. The van der Waals surface area contributed by atoms with Crippen molar-refractivity contribution >= 4 is 23.3 Å².